The SMILES string of the molecule is c1ccc(-c2ccc[n+]3c2-n2c4ccccc4c4ccc5c(c42)C32c3c(ccc4c6ccccc6n-5c34)CC3CCCC32)cc1. The van der Waals surface area contributed by atoms with Gasteiger partial charge < -0.3 is 4.57 Å². The van der Waals surface area contributed by atoms with Gasteiger partial charge >= 0.3 is 0 Å². The summed E-state index contributed by atoms with van der Waals surface area (Å²) in [6.45, 7) is 0. The summed E-state index contributed by atoms with van der Waals surface area (Å²) in [7, 11) is 0. The van der Waals surface area contributed by atoms with Gasteiger partial charge in [-0.3, -0.25) is 0 Å². The molecule has 2 aliphatic heterocycles. The van der Waals surface area contributed by atoms with Crippen LogP contribution in [0.4, 0.5) is 0 Å². The molecule has 0 amide bonds. The summed E-state index contributed by atoms with van der Waals surface area (Å²) < 4.78 is 8.04. The first kappa shape index (κ1) is 23.3. The fourth-order valence-electron chi connectivity index (χ4n) is 10.7. The second-order valence-corrected chi connectivity index (χ2v) is 13.8. The van der Waals surface area contributed by atoms with Crippen LogP contribution < -0.4 is 4.57 Å². The van der Waals surface area contributed by atoms with Crippen molar-refractivity contribution in [2.24, 2.45) is 11.8 Å². The molecule has 1 fully saturated rings. The monoisotopic (exact) mass is 576 g/mol. The maximum absolute atomic E-state index is 2.77. The third kappa shape index (κ3) is 2.45. The van der Waals surface area contributed by atoms with E-state index in [1.165, 1.54) is 97.5 Å². The van der Waals surface area contributed by atoms with Crippen LogP contribution in [0.15, 0.2) is 121 Å². The third-order valence-electron chi connectivity index (χ3n) is 12.1. The summed E-state index contributed by atoms with van der Waals surface area (Å²) in [5.74, 6) is 2.51. The molecule has 4 aliphatic rings. The molecule has 212 valence electrons. The zero-order valence-corrected chi connectivity index (χ0v) is 24.9. The van der Waals surface area contributed by atoms with Gasteiger partial charge in [-0.1, -0.05) is 79.2 Å². The molecule has 2 aliphatic carbocycles. The lowest BCUT2D eigenvalue weighted by Gasteiger charge is -2.50. The van der Waals surface area contributed by atoms with Crippen molar-refractivity contribution in [2.45, 2.75) is 31.2 Å². The van der Waals surface area contributed by atoms with Crippen LogP contribution in [-0.2, 0) is 12.0 Å². The quantitative estimate of drug-likeness (QED) is 0.173. The van der Waals surface area contributed by atoms with Crippen LogP contribution in [0.1, 0.15) is 36.0 Å². The van der Waals surface area contributed by atoms with E-state index >= 15 is 0 Å². The van der Waals surface area contributed by atoms with Gasteiger partial charge in [-0.15, -0.1) is 0 Å². The molecule has 3 atom stereocenters. The van der Waals surface area contributed by atoms with Crippen LogP contribution in [0.25, 0.3) is 66.2 Å². The van der Waals surface area contributed by atoms with E-state index in [1.54, 1.807) is 11.1 Å². The molecule has 3 heteroatoms. The molecule has 0 N–H and O–H groups in total. The van der Waals surface area contributed by atoms with Crippen LogP contribution in [0.2, 0.25) is 0 Å². The van der Waals surface area contributed by atoms with Crippen LogP contribution in [0, 0.1) is 11.8 Å². The lowest BCUT2D eigenvalue weighted by molar-refractivity contribution is -0.749. The van der Waals surface area contributed by atoms with E-state index in [-0.39, 0.29) is 5.54 Å². The summed E-state index contributed by atoms with van der Waals surface area (Å²) in [6.07, 6.45) is 7.50. The first-order valence-corrected chi connectivity index (χ1v) is 16.6. The third-order valence-corrected chi connectivity index (χ3v) is 12.1. The standard InChI is InChI=1S/C42H30N3/c1-2-10-25(11-3-1)28-15-9-23-43-41(28)45-35-18-7-5-14-30(35)32-21-22-36-38(40(32)45)42(43)33-16-8-12-26(33)24-27-19-20-31-29-13-4-6-17-34(29)44(36)39(31)37(27)42/h1-7,9-11,13-15,17-23,26,33H,8,12,16,24H2/q+1. The van der Waals surface area contributed by atoms with Gasteiger partial charge in [0.2, 0.25) is 0 Å². The average Bonchev–Trinajstić information content (AvgIpc) is 3.80. The molecule has 1 spiro atoms. The molecule has 3 unspecified atom stereocenters. The Labute approximate surface area is 260 Å². The summed E-state index contributed by atoms with van der Waals surface area (Å²) in [5, 5.41) is 5.45. The molecular weight excluding hydrogens is 546 g/mol. The predicted octanol–water partition coefficient (Wildman–Crippen LogP) is 9.23. The van der Waals surface area contributed by atoms with Gasteiger partial charge in [0.25, 0.3) is 5.82 Å². The highest BCUT2D eigenvalue weighted by atomic mass is 15.2. The van der Waals surface area contributed by atoms with Crippen LogP contribution in [-0.4, -0.2) is 9.13 Å². The maximum Gasteiger partial charge on any atom is 0.295 e. The van der Waals surface area contributed by atoms with E-state index in [0.717, 1.165) is 0 Å². The predicted molar refractivity (Wildman–Crippen MR) is 181 cm³/mol. The number of para-hydroxylation sites is 2. The lowest BCUT2D eigenvalue weighted by atomic mass is 9.59. The number of hydrogen-bond donors (Lipinski definition) is 0. The van der Waals surface area contributed by atoms with Crippen molar-refractivity contribution in [3.63, 3.8) is 0 Å². The number of rotatable bonds is 1. The highest BCUT2D eigenvalue weighted by Gasteiger charge is 2.63. The molecule has 5 aromatic carbocycles. The highest BCUT2D eigenvalue weighted by Crippen LogP contribution is 2.62. The zero-order chi connectivity index (χ0) is 29.0. The molecule has 5 heterocycles. The Morgan fingerprint density at radius 2 is 1.31 bits per heavy atom. The number of fused-ring (bicyclic) bond motifs is 10. The highest BCUT2D eigenvalue weighted by molar-refractivity contribution is 6.16. The largest absolute Gasteiger partial charge is 0.308 e. The summed E-state index contributed by atoms with van der Waals surface area (Å²) in [4.78, 5) is 0. The molecule has 3 aromatic heterocycles. The molecular formula is C42H30N3+. The van der Waals surface area contributed by atoms with Crippen LogP contribution >= 0.6 is 0 Å². The van der Waals surface area contributed by atoms with E-state index in [4.69, 9.17) is 0 Å². The molecule has 8 aromatic rings. The van der Waals surface area contributed by atoms with E-state index < -0.39 is 0 Å². The average molecular weight is 577 g/mol. The van der Waals surface area contributed by atoms with Crippen molar-refractivity contribution in [2.75, 3.05) is 0 Å². The van der Waals surface area contributed by atoms with E-state index in [1.807, 2.05) is 0 Å². The second-order valence-electron chi connectivity index (χ2n) is 13.8. The minimum atomic E-state index is -0.280. The number of hydrogen-bond acceptors (Lipinski definition) is 0. The van der Waals surface area contributed by atoms with Crippen LogP contribution in [0.5, 0.6) is 0 Å². The zero-order valence-electron chi connectivity index (χ0n) is 24.9. The Morgan fingerprint density at radius 1 is 0.600 bits per heavy atom. The minimum absolute atomic E-state index is 0.280. The fourth-order valence-corrected chi connectivity index (χ4v) is 10.7. The topological polar surface area (TPSA) is 13.7 Å². The lowest BCUT2D eigenvalue weighted by Crippen LogP contribution is -2.68. The van der Waals surface area contributed by atoms with Crippen molar-refractivity contribution in [1.29, 1.82) is 0 Å². The molecule has 1 saturated carbocycles. The van der Waals surface area contributed by atoms with Crippen molar-refractivity contribution < 1.29 is 4.57 Å². The minimum Gasteiger partial charge on any atom is -0.308 e. The van der Waals surface area contributed by atoms with E-state index in [2.05, 4.69) is 135 Å². The Kier molecular flexibility index (Phi) is 4.00. The molecule has 0 radical (unpaired) electrons. The first-order chi connectivity index (χ1) is 22.4. The van der Waals surface area contributed by atoms with Gasteiger partial charge in [-0.2, -0.15) is 4.57 Å². The summed E-state index contributed by atoms with van der Waals surface area (Å²) in [6, 6.07) is 43.7. The Morgan fingerprint density at radius 3 is 2.13 bits per heavy atom. The number of pyridine rings is 1. The summed E-state index contributed by atoms with van der Waals surface area (Å²) in [5.41, 5.74) is 13.7. The van der Waals surface area contributed by atoms with Gasteiger partial charge in [0.15, 0.2) is 11.1 Å². The smallest absolute Gasteiger partial charge is 0.295 e. The second kappa shape index (κ2) is 7.73. The van der Waals surface area contributed by atoms with Gasteiger partial charge in [-0.25, -0.2) is 4.57 Å². The van der Waals surface area contributed by atoms with Crippen molar-refractivity contribution in [3.05, 3.63) is 138 Å². The fraction of sp³-hybridized carbons (Fsp3) is 0.167. The van der Waals surface area contributed by atoms with Crippen molar-refractivity contribution >= 4 is 43.6 Å². The molecule has 0 bridgehead atoms. The van der Waals surface area contributed by atoms with Crippen LogP contribution in [0.3, 0.4) is 0 Å². The molecule has 45 heavy (non-hydrogen) atoms. The van der Waals surface area contributed by atoms with E-state index in [0.29, 0.717) is 11.8 Å². The maximum atomic E-state index is 2.77. The Balaban J connectivity index is 1.42. The van der Waals surface area contributed by atoms with Crippen molar-refractivity contribution in [3.8, 4) is 22.6 Å². The van der Waals surface area contributed by atoms with Gasteiger partial charge in [0, 0.05) is 33.0 Å². The van der Waals surface area contributed by atoms with Gasteiger partial charge in [0.05, 0.1) is 34.0 Å². The number of benzene rings is 5. The van der Waals surface area contributed by atoms with E-state index in [9.17, 15) is 0 Å². The number of nitrogens with zero attached hydrogens (tertiary/aromatic N) is 3. The van der Waals surface area contributed by atoms with Gasteiger partial charge in [0.1, 0.15) is 5.52 Å². The molecule has 3 nitrogen and oxygen atoms in total. The molecule has 12 rings (SSSR count). The Hall–Kier alpha value is -5.15. The molecule has 0 saturated heterocycles. The van der Waals surface area contributed by atoms with Crippen molar-refractivity contribution in [1.82, 2.24) is 9.13 Å². The normalized spacial score (nSPS) is 22.0. The van der Waals surface area contributed by atoms with Gasteiger partial charge in [-0.05, 0) is 78.8 Å². The number of aromatic nitrogens is 3. The Bertz CT molecular complexity index is 2620. The summed E-state index contributed by atoms with van der Waals surface area (Å²) >= 11 is 0. The first-order valence-electron chi connectivity index (χ1n) is 16.6.